The van der Waals surface area contributed by atoms with Crippen molar-refractivity contribution in [2.75, 3.05) is 13.1 Å². The van der Waals surface area contributed by atoms with Crippen LogP contribution in [0.3, 0.4) is 0 Å². The lowest BCUT2D eigenvalue weighted by Crippen LogP contribution is -2.52. The molecular formula is C22H24ClF2N3O2. The summed E-state index contributed by atoms with van der Waals surface area (Å²) in [7, 11) is 0. The summed E-state index contributed by atoms with van der Waals surface area (Å²) in [5.41, 5.74) is 0.333. The van der Waals surface area contributed by atoms with Gasteiger partial charge < -0.3 is 10.6 Å². The van der Waals surface area contributed by atoms with Gasteiger partial charge in [-0.05, 0) is 50.6 Å². The van der Waals surface area contributed by atoms with E-state index >= 15 is 0 Å². The number of nitrogens with one attached hydrogen (secondary N) is 2. The number of piperidine rings is 1. The Hall–Kier alpha value is -2.51. The molecule has 3 rings (SSSR count). The third-order valence-electron chi connectivity index (χ3n) is 5.15. The summed E-state index contributed by atoms with van der Waals surface area (Å²) < 4.78 is 27.8. The number of halogens is 3. The third-order valence-corrected chi connectivity index (χ3v) is 5.48. The highest BCUT2D eigenvalue weighted by Gasteiger charge is 2.25. The summed E-state index contributed by atoms with van der Waals surface area (Å²) in [6, 6.07) is 9.51. The van der Waals surface area contributed by atoms with E-state index in [1.165, 1.54) is 18.2 Å². The minimum Gasteiger partial charge on any atom is -0.350 e. The van der Waals surface area contributed by atoms with E-state index in [2.05, 4.69) is 10.6 Å². The van der Waals surface area contributed by atoms with Gasteiger partial charge in [0.2, 0.25) is 5.91 Å². The highest BCUT2D eigenvalue weighted by atomic mass is 35.5. The molecule has 2 aromatic carbocycles. The molecule has 0 aliphatic carbocycles. The lowest BCUT2D eigenvalue weighted by molar-refractivity contribution is -0.123. The molecule has 2 N–H and O–H groups in total. The maximum atomic E-state index is 13.9. The van der Waals surface area contributed by atoms with Crippen LogP contribution in [-0.2, 0) is 11.3 Å². The van der Waals surface area contributed by atoms with Crippen LogP contribution in [0.2, 0.25) is 5.02 Å². The summed E-state index contributed by atoms with van der Waals surface area (Å²) in [6.07, 6.45) is 1.55. The topological polar surface area (TPSA) is 61.4 Å². The second-order valence-corrected chi connectivity index (χ2v) is 7.87. The molecule has 5 nitrogen and oxygen atoms in total. The quantitative estimate of drug-likeness (QED) is 0.729. The molecule has 0 radical (unpaired) electrons. The lowest BCUT2D eigenvalue weighted by atomic mass is 10.0. The monoisotopic (exact) mass is 435 g/mol. The molecule has 2 aromatic rings. The fraction of sp³-hybridized carbons (Fsp3) is 0.364. The maximum Gasteiger partial charge on any atom is 0.253 e. The molecule has 1 heterocycles. The normalized spacial score (nSPS) is 17.9. The van der Waals surface area contributed by atoms with Crippen molar-refractivity contribution in [2.45, 2.75) is 38.4 Å². The number of carbonyl (C=O) groups excluding carboxylic acids is 2. The average molecular weight is 436 g/mol. The number of amides is 2. The van der Waals surface area contributed by atoms with Crippen LogP contribution in [0.15, 0.2) is 42.5 Å². The van der Waals surface area contributed by atoms with E-state index in [-0.39, 0.29) is 24.1 Å². The number of nitrogens with zero attached hydrogens (tertiary/aromatic N) is 1. The molecule has 2 atom stereocenters. The molecule has 8 heteroatoms. The molecule has 1 aliphatic rings. The molecular weight excluding hydrogens is 412 g/mol. The van der Waals surface area contributed by atoms with Crippen molar-refractivity contribution in [1.29, 1.82) is 0 Å². The molecule has 0 aromatic heterocycles. The predicted molar refractivity (Wildman–Crippen MR) is 111 cm³/mol. The summed E-state index contributed by atoms with van der Waals surface area (Å²) >= 11 is 6.02. The van der Waals surface area contributed by atoms with Crippen molar-refractivity contribution in [1.82, 2.24) is 15.5 Å². The molecule has 0 spiro atoms. The van der Waals surface area contributed by atoms with E-state index in [0.29, 0.717) is 23.7 Å². The van der Waals surface area contributed by atoms with Crippen molar-refractivity contribution in [3.05, 3.63) is 70.2 Å². The zero-order valence-corrected chi connectivity index (χ0v) is 17.4. The largest absolute Gasteiger partial charge is 0.350 e. The van der Waals surface area contributed by atoms with Crippen LogP contribution >= 0.6 is 11.6 Å². The van der Waals surface area contributed by atoms with Crippen LogP contribution in [0.4, 0.5) is 8.78 Å². The predicted octanol–water partition coefficient (Wildman–Crippen LogP) is 3.52. The Labute approximate surface area is 179 Å². The van der Waals surface area contributed by atoms with E-state index in [9.17, 15) is 18.4 Å². The summed E-state index contributed by atoms with van der Waals surface area (Å²) in [5.74, 6) is -1.89. The van der Waals surface area contributed by atoms with Crippen LogP contribution in [0.25, 0.3) is 0 Å². The van der Waals surface area contributed by atoms with Gasteiger partial charge in [0.15, 0.2) is 0 Å². The Kier molecular flexibility index (Phi) is 7.39. The zero-order chi connectivity index (χ0) is 21.7. The van der Waals surface area contributed by atoms with Crippen molar-refractivity contribution >= 4 is 23.4 Å². The standard InChI is InChI=1S/C22H24ClF2N3O2/c1-14(26-22(30)16-7-2-3-8-18(16)23)21(29)27-15-6-5-11-28(12-15)13-17-19(24)9-4-10-20(17)25/h2-4,7-10,14-15H,5-6,11-13H2,1H3,(H,26,30)(H,27,29). The molecule has 2 unspecified atom stereocenters. The minimum atomic E-state index is -0.756. The summed E-state index contributed by atoms with van der Waals surface area (Å²) in [6.45, 7) is 2.91. The van der Waals surface area contributed by atoms with Crippen molar-refractivity contribution in [3.8, 4) is 0 Å². The second kappa shape index (κ2) is 10.00. The van der Waals surface area contributed by atoms with E-state index in [1.807, 2.05) is 4.90 Å². The van der Waals surface area contributed by atoms with Gasteiger partial charge in [-0.1, -0.05) is 29.8 Å². The third kappa shape index (κ3) is 5.55. The molecule has 1 fully saturated rings. The Morgan fingerprint density at radius 1 is 1.17 bits per heavy atom. The van der Waals surface area contributed by atoms with Gasteiger partial charge in [0.1, 0.15) is 17.7 Å². The van der Waals surface area contributed by atoms with Crippen LogP contribution < -0.4 is 10.6 Å². The molecule has 0 saturated carbocycles. The Bertz CT molecular complexity index is 905. The van der Waals surface area contributed by atoms with Crippen LogP contribution in [0.1, 0.15) is 35.7 Å². The zero-order valence-electron chi connectivity index (χ0n) is 16.6. The van der Waals surface area contributed by atoms with Gasteiger partial charge in [-0.25, -0.2) is 8.78 Å². The molecule has 1 aliphatic heterocycles. The number of likely N-dealkylation sites (tertiary alicyclic amines) is 1. The highest BCUT2D eigenvalue weighted by molar-refractivity contribution is 6.33. The van der Waals surface area contributed by atoms with Gasteiger partial charge in [0.25, 0.3) is 5.91 Å². The van der Waals surface area contributed by atoms with Crippen LogP contribution in [0.5, 0.6) is 0 Å². The van der Waals surface area contributed by atoms with Gasteiger partial charge in [-0.2, -0.15) is 0 Å². The molecule has 30 heavy (non-hydrogen) atoms. The highest BCUT2D eigenvalue weighted by Crippen LogP contribution is 2.19. The Balaban J connectivity index is 1.54. The van der Waals surface area contributed by atoms with Gasteiger partial charge in [0.05, 0.1) is 10.6 Å². The SMILES string of the molecule is CC(NC(=O)c1ccccc1Cl)C(=O)NC1CCCN(Cc2c(F)cccc2F)C1. The first-order valence-corrected chi connectivity index (χ1v) is 10.2. The van der Waals surface area contributed by atoms with E-state index in [0.717, 1.165) is 12.8 Å². The first kappa shape index (κ1) is 22.2. The lowest BCUT2D eigenvalue weighted by Gasteiger charge is -2.33. The average Bonchev–Trinajstić information content (AvgIpc) is 2.71. The number of benzene rings is 2. The van der Waals surface area contributed by atoms with Crippen molar-refractivity contribution < 1.29 is 18.4 Å². The molecule has 2 amide bonds. The molecule has 0 bridgehead atoms. The van der Waals surface area contributed by atoms with Crippen LogP contribution in [0, 0.1) is 11.6 Å². The maximum absolute atomic E-state index is 13.9. The van der Waals surface area contributed by atoms with Gasteiger partial charge >= 0.3 is 0 Å². The first-order valence-electron chi connectivity index (χ1n) is 9.86. The minimum absolute atomic E-state index is 0.0323. The second-order valence-electron chi connectivity index (χ2n) is 7.46. The van der Waals surface area contributed by atoms with E-state index in [4.69, 9.17) is 11.6 Å². The Morgan fingerprint density at radius 2 is 1.87 bits per heavy atom. The fourth-order valence-electron chi connectivity index (χ4n) is 3.54. The van der Waals surface area contributed by atoms with Gasteiger partial charge in [-0.15, -0.1) is 0 Å². The molecule has 160 valence electrons. The number of hydrogen-bond donors (Lipinski definition) is 2. The number of rotatable bonds is 6. The summed E-state index contributed by atoms with van der Waals surface area (Å²) in [5, 5.41) is 5.87. The van der Waals surface area contributed by atoms with Crippen molar-refractivity contribution in [3.63, 3.8) is 0 Å². The smallest absolute Gasteiger partial charge is 0.253 e. The van der Waals surface area contributed by atoms with Gasteiger partial charge in [-0.3, -0.25) is 14.5 Å². The van der Waals surface area contributed by atoms with Gasteiger partial charge in [0, 0.05) is 24.7 Å². The fourth-order valence-corrected chi connectivity index (χ4v) is 3.76. The van der Waals surface area contributed by atoms with E-state index in [1.54, 1.807) is 31.2 Å². The van der Waals surface area contributed by atoms with Crippen molar-refractivity contribution in [2.24, 2.45) is 0 Å². The van der Waals surface area contributed by atoms with Crippen LogP contribution in [-0.4, -0.2) is 41.9 Å². The first-order chi connectivity index (χ1) is 14.3. The number of hydrogen-bond acceptors (Lipinski definition) is 3. The molecule has 1 saturated heterocycles. The summed E-state index contributed by atoms with van der Waals surface area (Å²) in [4.78, 5) is 26.8. The Morgan fingerprint density at radius 3 is 2.57 bits per heavy atom. The van der Waals surface area contributed by atoms with E-state index < -0.39 is 23.6 Å². The number of carbonyl (C=O) groups is 2.